The number of aliphatic hydroxyl groups excluding tert-OH is 1. The molecule has 1 N–H and O–H groups in total. The van der Waals surface area contributed by atoms with E-state index in [2.05, 4.69) is 19.9 Å². The van der Waals surface area contributed by atoms with Crippen LogP contribution in [0.2, 0.25) is 0 Å². The van der Waals surface area contributed by atoms with Gasteiger partial charge < -0.3 is 5.11 Å². The molecule has 1 nitrogen and oxygen atoms in total. The van der Waals surface area contributed by atoms with Gasteiger partial charge in [0.25, 0.3) is 0 Å². The smallest absolute Gasteiger partial charge is 0.0596 e. The second-order valence-electron chi connectivity index (χ2n) is 8.59. The number of hydrogen-bond acceptors (Lipinski definition) is 1. The lowest BCUT2D eigenvalue weighted by Gasteiger charge is -2.57. The highest BCUT2D eigenvalue weighted by Crippen LogP contribution is 2.65. The Balaban J connectivity index is 1.68. The summed E-state index contributed by atoms with van der Waals surface area (Å²) in [5.74, 6) is 2.61. The molecule has 20 heavy (non-hydrogen) atoms. The predicted molar refractivity (Wildman–Crippen MR) is 82.3 cm³/mol. The molecule has 0 amide bonds. The van der Waals surface area contributed by atoms with Gasteiger partial charge in [0.15, 0.2) is 0 Å². The lowest BCUT2D eigenvalue weighted by atomic mass is 9.47. The van der Waals surface area contributed by atoms with Crippen molar-refractivity contribution >= 4 is 0 Å². The quantitative estimate of drug-likeness (QED) is 0.635. The van der Waals surface area contributed by atoms with Gasteiger partial charge in [-0.2, -0.15) is 0 Å². The fraction of sp³-hybridized carbons (Fsp3) is 0.895. The predicted octanol–water partition coefficient (Wildman–Crippen LogP) is 4.70. The van der Waals surface area contributed by atoms with Crippen LogP contribution in [0.4, 0.5) is 0 Å². The van der Waals surface area contributed by atoms with E-state index in [0.717, 1.165) is 24.2 Å². The van der Waals surface area contributed by atoms with Crippen molar-refractivity contribution < 1.29 is 5.11 Å². The molecule has 0 spiro atoms. The van der Waals surface area contributed by atoms with Crippen molar-refractivity contribution in [2.75, 3.05) is 0 Å². The first-order valence-corrected chi connectivity index (χ1v) is 8.93. The van der Waals surface area contributed by atoms with E-state index in [0.29, 0.717) is 5.41 Å². The normalized spacial score (nSPS) is 54.6. The van der Waals surface area contributed by atoms with Gasteiger partial charge in [0.05, 0.1) is 6.10 Å². The third-order valence-corrected chi connectivity index (χ3v) is 7.98. The highest BCUT2D eigenvalue weighted by Gasteiger charge is 2.58. The topological polar surface area (TPSA) is 20.2 Å². The highest BCUT2D eigenvalue weighted by atomic mass is 16.3. The molecule has 0 aliphatic heterocycles. The van der Waals surface area contributed by atoms with Crippen molar-refractivity contribution in [3.8, 4) is 0 Å². The van der Waals surface area contributed by atoms with Gasteiger partial charge in [-0.15, -0.1) is 0 Å². The van der Waals surface area contributed by atoms with Gasteiger partial charge in [0.1, 0.15) is 0 Å². The molecule has 6 atom stereocenters. The minimum absolute atomic E-state index is 0.0236. The summed E-state index contributed by atoms with van der Waals surface area (Å²) < 4.78 is 0. The molecular weight excluding hydrogens is 244 g/mol. The molecule has 4 aliphatic carbocycles. The van der Waals surface area contributed by atoms with Gasteiger partial charge in [-0.3, -0.25) is 0 Å². The maximum absolute atomic E-state index is 10.5. The summed E-state index contributed by atoms with van der Waals surface area (Å²) in [6, 6.07) is 0. The van der Waals surface area contributed by atoms with E-state index in [1.165, 1.54) is 51.4 Å². The SMILES string of the molecule is C[C@]12CC[C@H]3[C@@H](CCC4=CCCC[C@@]43C)[C@@H]1CC[C@H]2O. The van der Waals surface area contributed by atoms with Gasteiger partial charge in [-0.1, -0.05) is 25.5 Å². The fourth-order valence-electron chi connectivity index (χ4n) is 6.73. The maximum Gasteiger partial charge on any atom is 0.0596 e. The zero-order valence-corrected chi connectivity index (χ0v) is 13.2. The zero-order chi connectivity index (χ0) is 14.0. The molecule has 3 saturated carbocycles. The van der Waals surface area contributed by atoms with E-state index in [9.17, 15) is 5.11 Å². The largest absolute Gasteiger partial charge is 0.393 e. The van der Waals surface area contributed by atoms with E-state index < -0.39 is 0 Å². The molecule has 0 aromatic rings. The Labute approximate surface area is 123 Å². The summed E-state index contributed by atoms with van der Waals surface area (Å²) in [5.41, 5.74) is 2.55. The summed E-state index contributed by atoms with van der Waals surface area (Å²) in [5, 5.41) is 10.5. The lowest BCUT2D eigenvalue weighted by Crippen LogP contribution is -2.50. The molecule has 4 aliphatic rings. The van der Waals surface area contributed by atoms with Crippen LogP contribution in [0.25, 0.3) is 0 Å². The van der Waals surface area contributed by atoms with Crippen molar-refractivity contribution in [3.63, 3.8) is 0 Å². The second-order valence-corrected chi connectivity index (χ2v) is 8.59. The van der Waals surface area contributed by atoms with Crippen molar-refractivity contribution in [1.82, 2.24) is 0 Å². The molecule has 0 aromatic heterocycles. The zero-order valence-electron chi connectivity index (χ0n) is 13.2. The molecule has 0 saturated heterocycles. The van der Waals surface area contributed by atoms with Crippen LogP contribution in [0.5, 0.6) is 0 Å². The summed E-state index contributed by atoms with van der Waals surface area (Å²) in [4.78, 5) is 0. The molecular formula is C19H30O. The number of rotatable bonds is 0. The van der Waals surface area contributed by atoms with Crippen LogP contribution in [0.15, 0.2) is 11.6 Å². The molecule has 4 rings (SSSR count). The first-order valence-electron chi connectivity index (χ1n) is 8.93. The number of fused-ring (bicyclic) bond motifs is 5. The lowest BCUT2D eigenvalue weighted by molar-refractivity contribution is -0.0736. The maximum atomic E-state index is 10.5. The van der Waals surface area contributed by atoms with Crippen LogP contribution >= 0.6 is 0 Å². The Morgan fingerprint density at radius 1 is 1.05 bits per heavy atom. The molecule has 0 radical (unpaired) electrons. The molecule has 0 bridgehead atoms. The van der Waals surface area contributed by atoms with Crippen LogP contribution in [0.1, 0.15) is 71.6 Å². The first-order chi connectivity index (χ1) is 9.56. The van der Waals surface area contributed by atoms with Gasteiger partial charge >= 0.3 is 0 Å². The Bertz CT molecular complexity index is 439. The van der Waals surface area contributed by atoms with Gasteiger partial charge in [-0.05, 0) is 86.4 Å². The Kier molecular flexibility index (Phi) is 2.91. The number of aliphatic hydroxyl groups is 1. The van der Waals surface area contributed by atoms with Crippen molar-refractivity contribution in [3.05, 3.63) is 11.6 Å². The van der Waals surface area contributed by atoms with Crippen molar-refractivity contribution in [1.29, 1.82) is 0 Å². The second kappa shape index (κ2) is 4.35. The molecule has 0 heterocycles. The molecule has 0 unspecified atom stereocenters. The minimum atomic E-state index is -0.0236. The van der Waals surface area contributed by atoms with E-state index in [4.69, 9.17) is 0 Å². The van der Waals surface area contributed by atoms with Gasteiger partial charge in [0, 0.05) is 0 Å². The summed E-state index contributed by atoms with van der Waals surface area (Å²) in [6.45, 7) is 4.96. The Morgan fingerprint density at radius 3 is 2.75 bits per heavy atom. The van der Waals surface area contributed by atoms with Gasteiger partial charge in [-0.25, -0.2) is 0 Å². The van der Waals surface area contributed by atoms with Crippen LogP contribution < -0.4 is 0 Å². The van der Waals surface area contributed by atoms with Crippen LogP contribution in [0, 0.1) is 28.6 Å². The summed E-state index contributed by atoms with van der Waals surface area (Å²) in [6.07, 6.45) is 14.4. The summed E-state index contributed by atoms with van der Waals surface area (Å²) in [7, 11) is 0. The van der Waals surface area contributed by atoms with Crippen LogP contribution in [-0.2, 0) is 0 Å². The van der Waals surface area contributed by atoms with Gasteiger partial charge in [0.2, 0.25) is 0 Å². The molecule has 0 aromatic carbocycles. The monoisotopic (exact) mass is 274 g/mol. The average Bonchev–Trinajstić information content (AvgIpc) is 2.74. The van der Waals surface area contributed by atoms with Crippen molar-refractivity contribution in [2.45, 2.75) is 77.7 Å². The highest BCUT2D eigenvalue weighted by molar-refractivity contribution is 5.23. The van der Waals surface area contributed by atoms with Crippen LogP contribution in [-0.4, -0.2) is 11.2 Å². The molecule has 112 valence electrons. The molecule has 3 fully saturated rings. The Hall–Kier alpha value is -0.300. The van der Waals surface area contributed by atoms with E-state index in [1.807, 2.05) is 0 Å². The Morgan fingerprint density at radius 2 is 1.90 bits per heavy atom. The number of allylic oxidation sites excluding steroid dienone is 2. The van der Waals surface area contributed by atoms with E-state index in [-0.39, 0.29) is 11.5 Å². The van der Waals surface area contributed by atoms with Crippen LogP contribution in [0.3, 0.4) is 0 Å². The average molecular weight is 274 g/mol. The minimum Gasteiger partial charge on any atom is -0.393 e. The fourth-order valence-corrected chi connectivity index (χ4v) is 6.73. The van der Waals surface area contributed by atoms with Crippen molar-refractivity contribution in [2.24, 2.45) is 28.6 Å². The molecule has 1 heteroatoms. The first kappa shape index (κ1) is 13.4. The van der Waals surface area contributed by atoms with E-state index in [1.54, 1.807) is 5.57 Å². The van der Waals surface area contributed by atoms with E-state index >= 15 is 0 Å². The summed E-state index contributed by atoms with van der Waals surface area (Å²) >= 11 is 0. The third-order valence-electron chi connectivity index (χ3n) is 7.98. The number of hydrogen-bond donors (Lipinski definition) is 1. The standard InChI is InChI=1S/C19H30O/c1-18-11-4-3-5-13(18)6-7-14-15-8-9-17(20)19(15,2)12-10-16(14)18/h5,14-17,20H,3-4,6-12H2,1-2H3/t14-,15-,16-,17+,18-,19-/m0/s1. The third kappa shape index (κ3) is 1.59.